The number of sulfonamides is 1. The molecule has 5 nitrogen and oxygen atoms in total. The first-order chi connectivity index (χ1) is 15.9. The van der Waals surface area contributed by atoms with Crippen LogP contribution in [0.2, 0.25) is 5.02 Å². The van der Waals surface area contributed by atoms with Gasteiger partial charge in [-0.3, -0.25) is 0 Å². The van der Waals surface area contributed by atoms with Gasteiger partial charge in [-0.2, -0.15) is 4.31 Å². The third kappa shape index (κ3) is 3.83. The Bertz CT molecular complexity index is 1430. The van der Waals surface area contributed by atoms with Gasteiger partial charge in [-0.15, -0.1) is 11.8 Å². The lowest BCUT2D eigenvalue weighted by Crippen LogP contribution is -2.40. The number of nitrogens with zero attached hydrogens (tertiary/aromatic N) is 1. The molecule has 170 valence electrons. The molecular weight excluding hydrogens is 476 g/mol. The molecule has 0 amide bonds. The normalized spacial score (nSPS) is 16.6. The summed E-state index contributed by atoms with van der Waals surface area (Å²) in [6.45, 7) is 0.371. The summed E-state index contributed by atoms with van der Waals surface area (Å²) >= 11 is 7.93. The van der Waals surface area contributed by atoms with Crippen molar-refractivity contribution in [3.05, 3.63) is 88.6 Å². The zero-order chi connectivity index (χ0) is 23.2. The number of nitrogens with one attached hydrogen (secondary N) is 1. The van der Waals surface area contributed by atoms with Gasteiger partial charge in [0.25, 0.3) is 0 Å². The number of thioether (sulfide) groups is 1. The van der Waals surface area contributed by atoms with Crippen molar-refractivity contribution in [1.29, 1.82) is 0 Å². The number of para-hydroxylation sites is 1. The van der Waals surface area contributed by atoms with Crippen LogP contribution in [0.25, 0.3) is 10.9 Å². The molecule has 3 aromatic carbocycles. The van der Waals surface area contributed by atoms with Gasteiger partial charge in [0.1, 0.15) is 5.75 Å². The van der Waals surface area contributed by atoms with Crippen LogP contribution < -0.4 is 4.74 Å². The van der Waals surface area contributed by atoms with Crippen LogP contribution in [0.15, 0.2) is 76.5 Å². The third-order valence-corrected chi connectivity index (χ3v) is 9.05. The maximum Gasteiger partial charge on any atom is 0.244 e. The second-order valence-corrected chi connectivity index (χ2v) is 11.1. The van der Waals surface area contributed by atoms with Crippen LogP contribution in [0.5, 0.6) is 5.75 Å². The van der Waals surface area contributed by atoms with E-state index in [0.717, 1.165) is 27.1 Å². The molecule has 1 atom stereocenters. The van der Waals surface area contributed by atoms with E-state index >= 15 is 0 Å². The van der Waals surface area contributed by atoms with Crippen molar-refractivity contribution < 1.29 is 13.2 Å². The van der Waals surface area contributed by atoms with Crippen molar-refractivity contribution in [3.8, 4) is 5.75 Å². The summed E-state index contributed by atoms with van der Waals surface area (Å²) in [7, 11) is -2.33. The number of benzene rings is 3. The average Bonchev–Trinajstić information content (AvgIpc) is 3.22. The number of ether oxygens (including phenoxy) is 1. The van der Waals surface area contributed by atoms with Gasteiger partial charge in [0, 0.05) is 28.0 Å². The highest BCUT2D eigenvalue weighted by Crippen LogP contribution is 2.42. The summed E-state index contributed by atoms with van der Waals surface area (Å²) in [5.41, 5.74) is 4.02. The lowest BCUT2D eigenvalue weighted by molar-refractivity contribution is 0.340. The predicted octanol–water partition coefficient (Wildman–Crippen LogP) is 5.89. The summed E-state index contributed by atoms with van der Waals surface area (Å²) < 4.78 is 34.5. The van der Waals surface area contributed by atoms with E-state index in [4.69, 9.17) is 16.3 Å². The van der Waals surface area contributed by atoms with Crippen LogP contribution in [-0.2, 0) is 16.4 Å². The summed E-state index contributed by atoms with van der Waals surface area (Å²) in [4.78, 5) is 4.80. The highest BCUT2D eigenvalue weighted by Gasteiger charge is 2.39. The topological polar surface area (TPSA) is 62.4 Å². The minimum absolute atomic E-state index is 0.151. The lowest BCUT2D eigenvalue weighted by Gasteiger charge is -2.35. The Kier molecular flexibility index (Phi) is 5.91. The van der Waals surface area contributed by atoms with Crippen molar-refractivity contribution >= 4 is 44.3 Å². The molecule has 1 aliphatic rings. The second-order valence-electron chi connectivity index (χ2n) is 7.90. The standard InChI is InChI=1S/C25H23ClN2O3S2/c1-31-23-12-11-18(15-21(23)26)33(29,30)28-14-13-20-19-5-3-4-6-22(19)27-24(20)25(28)16-7-9-17(32-2)10-8-16/h3-12,15,25,27H,13-14H2,1-2H3/t25-/m0/s1. The van der Waals surface area contributed by atoms with Crippen molar-refractivity contribution in [2.24, 2.45) is 0 Å². The Balaban J connectivity index is 1.67. The van der Waals surface area contributed by atoms with Gasteiger partial charge in [0.15, 0.2) is 0 Å². The SMILES string of the molecule is COc1ccc(S(=O)(=O)N2CCc3c([nH]c4ccccc34)[C@@H]2c2ccc(SC)cc2)cc1Cl. The average molecular weight is 499 g/mol. The number of fused-ring (bicyclic) bond motifs is 3. The monoisotopic (exact) mass is 498 g/mol. The number of halogens is 1. The molecule has 0 radical (unpaired) electrons. The number of rotatable bonds is 5. The Hall–Kier alpha value is -2.45. The number of H-pyrrole nitrogens is 1. The smallest absolute Gasteiger partial charge is 0.244 e. The zero-order valence-electron chi connectivity index (χ0n) is 18.2. The molecule has 0 fully saturated rings. The number of methoxy groups -OCH3 is 1. The minimum atomic E-state index is -3.83. The maximum absolute atomic E-state index is 13.9. The number of hydrogen-bond donors (Lipinski definition) is 1. The van der Waals surface area contributed by atoms with E-state index in [1.165, 1.54) is 18.7 Å². The molecule has 0 unspecified atom stereocenters. The van der Waals surface area contributed by atoms with Gasteiger partial charge in [-0.1, -0.05) is 41.9 Å². The molecule has 8 heteroatoms. The molecule has 1 aromatic heterocycles. The molecule has 0 saturated carbocycles. The fourth-order valence-corrected chi connectivity index (χ4v) is 6.88. The van der Waals surface area contributed by atoms with Crippen LogP contribution in [0.1, 0.15) is 22.9 Å². The van der Waals surface area contributed by atoms with Crippen LogP contribution in [0, 0.1) is 0 Å². The van der Waals surface area contributed by atoms with Crippen molar-refractivity contribution in [1.82, 2.24) is 9.29 Å². The fourth-order valence-electron chi connectivity index (χ4n) is 4.54. The van der Waals surface area contributed by atoms with E-state index in [1.807, 2.05) is 48.7 Å². The van der Waals surface area contributed by atoms with Gasteiger partial charge in [-0.25, -0.2) is 8.42 Å². The molecule has 1 aliphatic heterocycles. The summed E-state index contributed by atoms with van der Waals surface area (Å²) in [6, 6.07) is 20.4. The number of aromatic nitrogens is 1. The quantitative estimate of drug-likeness (QED) is 0.348. The van der Waals surface area contributed by atoms with Gasteiger partial charge in [0.2, 0.25) is 10.0 Å². The van der Waals surface area contributed by atoms with E-state index in [0.29, 0.717) is 18.7 Å². The lowest BCUT2D eigenvalue weighted by atomic mass is 9.94. The Morgan fingerprint density at radius 2 is 1.85 bits per heavy atom. The van der Waals surface area contributed by atoms with Gasteiger partial charge in [-0.05, 0) is 60.2 Å². The molecule has 33 heavy (non-hydrogen) atoms. The molecule has 0 saturated heterocycles. The maximum atomic E-state index is 13.9. The Morgan fingerprint density at radius 1 is 1.09 bits per heavy atom. The van der Waals surface area contributed by atoms with E-state index in [-0.39, 0.29) is 9.92 Å². The number of hydrogen-bond acceptors (Lipinski definition) is 4. The summed E-state index contributed by atoms with van der Waals surface area (Å²) in [5, 5.41) is 1.41. The van der Waals surface area contributed by atoms with Crippen LogP contribution >= 0.6 is 23.4 Å². The molecule has 1 N–H and O–H groups in total. The van der Waals surface area contributed by atoms with E-state index < -0.39 is 16.1 Å². The summed E-state index contributed by atoms with van der Waals surface area (Å²) in [6.07, 6.45) is 2.65. The van der Waals surface area contributed by atoms with E-state index in [9.17, 15) is 8.42 Å². The molecule has 0 aliphatic carbocycles. The molecule has 0 bridgehead atoms. The Labute approximate surface area is 202 Å². The largest absolute Gasteiger partial charge is 0.495 e. The van der Waals surface area contributed by atoms with Crippen LogP contribution in [-0.4, -0.2) is 37.6 Å². The van der Waals surface area contributed by atoms with Crippen molar-refractivity contribution in [3.63, 3.8) is 0 Å². The summed E-state index contributed by atoms with van der Waals surface area (Å²) in [5.74, 6) is 0.441. The molecule has 5 rings (SSSR count). The fraction of sp³-hybridized carbons (Fsp3) is 0.200. The first-order valence-electron chi connectivity index (χ1n) is 10.5. The van der Waals surface area contributed by atoms with Gasteiger partial charge < -0.3 is 9.72 Å². The molecular formula is C25H23ClN2O3S2. The first-order valence-corrected chi connectivity index (χ1v) is 13.6. The minimum Gasteiger partial charge on any atom is -0.495 e. The number of aromatic amines is 1. The second kappa shape index (κ2) is 8.72. The first kappa shape index (κ1) is 22.3. The molecule has 2 heterocycles. The Morgan fingerprint density at radius 3 is 2.55 bits per heavy atom. The zero-order valence-corrected chi connectivity index (χ0v) is 20.6. The molecule has 0 spiro atoms. The van der Waals surface area contributed by atoms with E-state index in [1.54, 1.807) is 28.2 Å². The highest BCUT2D eigenvalue weighted by molar-refractivity contribution is 7.98. The van der Waals surface area contributed by atoms with Crippen molar-refractivity contribution in [2.75, 3.05) is 19.9 Å². The highest BCUT2D eigenvalue weighted by atomic mass is 35.5. The van der Waals surface area contributed by atoms with E-state index in [2.05, 4.69) is 11.1 Å². The van der Waals surface area contributed by atoms with Gasteiger partial charge in [0.05, 0.1) is 23.1 Å². The van der Waals surface area contributed by atoms with Crippen LogP contribution in [0.3, 0.4) is 0 Å². The van der Waals surface area contributed by atoms with Gasteiger partial charge >= 0.3 is 0 Å². The predicted molar refractivity (Wildman–Crippen MR) is 134 cm³/mol. The van der Waals surface area contributed by atoms with Crippen molar-refractivity contribution in [2.45, 2.75) is 22.3 Å². The van der Waals surface area contributed by atoms with Crippen LogP contribution in [0.4, 0.5) is 0 Å². The third-order valence-electron chi connectivity index (χ3n) is 6.15. The molecule has 4 aromatic rings.